The van der Waals surface area contributed by atoms with Crippen molar-refractivity contribution in [1.82, 2.24) is 10.6 Å². The van der Waals surface area contributed by atoms with Crippen molar-refractivity contribution in [2.24, 2.45) is 5.92 Å². The van der Waals surface area contributed by atoms with Gasteiger partial charge in [0.2, 0.25) is 5.91 Å². The summed E-state index contributed by atoms with van der Waals surface area (Å²) in [6.07, 6.45) is 4.59. The van der Waals surface area contributed by atoms with Crippen LogP contribution in [-0.4, -0.2) is 24.5 Å². The highest BCUT2D eigenvalue weighted by atomic mass is 16.1. The minimum Gasteiger partial charge on any atom is -0.353 e. The van der Waals surface area contributed by atoms with Gasteiger partial charge in [-0.3, -0.25) is 4.79 Å². The lowest BCUT2D eigenvalue weighted by Gasteiger charge is -2.28. The van der Waals surface area contributed by atoms with Gasteiger partial charge in [0.25, 0.3) is 0 Å². The van der Waals surface area contributed by atoms with Gasteiger partial charge in [-0.1, -0.05) is 6.08 Å². The second-order valence-corrected chi connectivity index (χ2v) is 4.51. The van der Waals surface area contributed by atoms with E-state index in [1.807, 2.05) is 13.0 Å². The minimum atomic E-state index is 0.188. The van der Waals surface area contributed by atoms with E-state index in [9.17, 15) is 4.79 Å². The van der Waals surface area contributed by atoms with Gasteiger partial charge in [0, 0.05) is 18.0 Å². The topological polar surface area (TPSA) is 41.1 Å². The van der Waals surface area contributed by atoms with Crippen LogP contribution in [0.1, 0.15) is 33.1 Å². The van der Waals surface area contributed by atoms with E-state index in [1.165, 1.54) is 0 Å². The number of carbonyl (C=O) groups excluding carboxylic acids is 1. The number of hydrogen-bond acceptors (Lipinski definition) is 2. The molecule has 0 bridgehead atoms. The standard InChI is InChI=1S/C12H22N2O/c1-4-5-9(2)14-12(15)11-6-7-13-10(3)8-11/h4,9-11,13H,1,5-8H2,2-3H3,(H,14,15)/t9?,10-,11-/m0/s1. The summed E-state index contributed by atoms with van der Waals surface area (Å²) in [5.74, 6) is 0.395. The zero-order chi connectivity index (χ0) is 11.3. The second kappa shape index (κ2) is 5.91. The average molecular weight is 210 g/mol. The first kappa shape index (κ1) is 12.2. The van der Waals surface area contributed by atoms with Crippen molar-refractivity contribution in [1.29, 1.82) is 0 Å². The molecule has 1 rings (SSSR count). The van der Waals surface area contributed by atoms with Gasteiger partial charge in [-0.05, 0) is 39.7 Å². The van der Waals surface area contributed by atoms with Crippen LogP contribution >= 0.6 is 0 Å². The summed E-state index contributed by atoms with van der Waals surface area (Å²) >= 11 is 0. The molecule has 15 heavy (non-hydrogen) atoms. The van der Waals surface area contributed by atoms with E-state index in [2.05, 4.69) is 24.1 Å². The molecule has 0 aromatic carbocycles. The Bertz CT molecular complexity index is 228. The number of amides is 1. The molecular weight excluding hydrogens is 188 g/mol. The van der Waals surface area contributed by atoms with Crippen LogP contribution in [0.15, 0.2) is 12.7 Å². The SMILES string of the molecule is C=CCC(C)NC(=O)[C@H]1CCN[C@@H](C)C1. The predicted molar refractivity (Wildman–Crippen MR) is 62.6 cm³/mol. The second-order valence-electron chi connectivity index (χ2n) is 4.51. The predicted octanol–water partition coefficient (Wildman–Crippen LogP) is 1.46. The minimum absolute atomic E-state index is 0.188. The Kier molecular flexibility index (Phi) is 4.82. The zero-order valence-corrected chi connectivity index (χ0v) is 9.75. The highest BCUT2D eigenvalue weighted by molar-refractivity contribution is 5.79. The van der Waals surface area contributed by atoms with E-state index in [0.717, 1.165) is 25.8 Å². The van der Waals surface area contributed by atoms with Crippen LogP contribution in [0.3, 0.4) is 0 Å². The Morgan fingerprint density at radius 3 is 3.07 bits per heavy atom. The molecule has 0 aromatic rings. The maximum absolute atomic E-state index is 11.9. The highest BCUT2D eigenvalue weighted by Crippen LogP contribution is 2.16. The lowest BCUT2D eigenvalue weighted by molar-refractivity contribution is -0.126. The quantitative estimate of drug-likeness (QED) is 0.690. The molecule has 1 aliphatic rings. The van der Waals surface area contributed by atoms with Crippen LogP contribution in [0.4, 0.5) is 0 Å². The van der Waals surface area contributed by atoms with E-state index in [4.69, 9.17) is 0 Å². The van der Waals surface area contributed by atoms with Gasteiger partial charge in [0.05, 0.1) is 0 Å². The molecule has 1 amide bonds. The molecule has 3 atom stereocenters. The van der Waals surface area contributed by atoms with Gasteiger partial charge in [-0.25, -0.2) is 0 Å². The molecule has 1 unspecified atom stereocenters. The molecule has 0 aromatic heterocycles. The van der Waals surface area contributed by atoms with Crippen LogP contribution in [0, 0.1) is 5.92 Å². The summed E-state index contributed by atoms with van der Waals surface area (Å²) in [5, 5.41) is 6.38. The van der Waals surface area contributed by atoms with E-state index in [-0.39, 0.29) is 17.9 Å². The molecule has 0 radical (unpaired) electrons. The lowest BCUT2D eigenvalue weighted by atomic mass is 9.92. The summed E-state index contributed by atoms with van der Waals surface area (Å²) in [7, 11) is 0. The van der Waals surface area contributed by atoms with Gasteiger partial charge in [0.1, 0.15) is 0 Å². The molecule has 0 spiro atoms. The fourth-order valence-electron chi connectivity index (χ4n) is 2.04. The van der Waals surface area contributed by atoms with E-state index in [1.54, 1.807) is 0 Å². The fraction of sp³-hybridized carbons (Fsp3) is 0.750. The maximum Gasteiger partial charge on any atom is 0.223 e. The molecule has 0 saturated carbocycles. The summed E-state index contributed by atoms with van der Waals surface area (Å²) < 4.78 is 0. The molecule has 0 aliphatic carbocycles. The molecule has 1 heterocycles. The first-order valence-electron chi connectivity index (χ1n) is 5.78. The molecule has 1 aliphatic heterocycles. The number of rotatable bonds is 4. The third-order valence-electron chi connectivity index (χ3n) is 2.90. The van der Waals surface area contributed by atoms with Crippen LogP contribution in [0.25, 0.3) is 0 Å². The van der Waals surface area contributed by atoms with Crippen molar-refractivity contribution in [3.63, 3.8) is 0 Å². The summed E-state index contributed by atoms with van der Waals surface area (Å²) in [6, 6.07) is 0.671. The third kappa shape index (κ3) is 4.04. The van der Waals surface area contributed by atoms with Gasteiger partial charge in [0.15, 0.2) is 0 Å². The first-order chi connectivity index (χ1) is 7.13. The summed E-state index contributed by atoms with van der Waals surface area (Å²) in [5.41, 5.74) is 0. The van der Waals surface area contributed by atoms with Crippen LogP contribution in [0.2, 0.25) is 0 Å². The van der Waals surface area contributed by atoms with Gasteiger partial charge < -0.3 is 10.6 Å². The summed E-state index contributed by atoms with van der Waals surface area (Å²) in [4.78, 5) is 11.9. The van der Waals surface area contributed by atoms with E-state index < -0.39 is 0 Å². The Balaban J connectivity index is 2.35. The Hall–Kier alpha value is -0.830. The molecule has 3 heteroatoms. The van der Waals surface area contributed by atoms with Gasteiger partial charge >= 0.3 is 0 Å². The van der Waals surface area contributed by atoms with Gasteiger partial charge in [-0.15, -0.1) is 6.58 Å². The Morgan fingerprint density at radius 2 is 2.47 bits per heavy atom. The monoisotopic (exact) mass is 210 g/mol. The molecule has 1 saturated heterocycles. The summed E-state index contributed by atoms with van der Waals surface area (Å²) in [6.45, 7) is 8.77. The van der Waals surface area contributed by atoms with Crippen LogP contribution in [-0.2, 0) is 4.79 Å². The number of piperidine rings is 1. The zero-order valence-electron chi connectivity index (χ0n) is 9.75. The molecular formula is C12H22N2O. The van der Waals surface area contributed by atoms with Gasteiger partial charge in [-0.2, -0.15) is 0 Å². The lowest BCUT2D eigenvalue weighted by Crippen LogP contribution is -2.44. The Morgan fingerprint density at radius 1 is 1.73 bits per heavy atom. The maximum atomic E-state index is 11.9. The van der Waals surface area contributed by atoms with Crippen LogP contribution < -0.4 is 10.6 Å². The van der Waals surface area contributed by atoms with Crippen molar-refractivity contribution in [3.8, 4) is 0 Å². The number of nitrogens with one attached hydrogen (secondary N) is 2. The van der Waals surface area contributed by atoms with Crippen molar-refractivity contribution in [2.45, 2.75) is 45.2 Å². The van der Waals surface area contributed by atoms with Crippen molar-refractivity contribution in [2.75, 3.05) is 6.54 Å². The van der Waals surface area contributed by atoms with Crippen molar-refractivity contribution < 1.29 is 4.79 Å². The average Bonchev–Trinajstić information content (AvgIpc) is 2.18. The molecule has 1 fully saturated rings. The molecule has 3 nitrogen and oxygen atoms in total. The van der Waals surface area contributed by atoms with Crippen molar-refractivity contribution >= 4 is 5.91 Å². The number of hydrogen-bond donors (Lipinski definition) is 2. The molecule has 86 valence electrons. The fourth-order valence-corrected chi connectivity index (χ4v) is 2.04. The normalized spacial score (nSPS) is 28.1. The largest absolute Gasteiger partial charge is 0.353 e. The number of carbonyl (C=O) groups is 1. The third-order valence-corrected chi connectivity index (χ3v) is 2.90. The van der Waals surface area contributed by atoms with E-state index in [0.29, 0.717) is 6.04 Å². The molecule has 2 N–H and O–H groups in total. The Labute approximate surface area is 92.3 Å². The smallest absolute Gasteiger partial charge is 0.223 e. The highest BCUT2D eigenvalue weighted by Gasteiger charge is 2.24. The van der Waals surface area contributed by atoms with E-state index >= 15 is 0 Å². The van der Waals surface area contributed by atoms with Crippen molar-refractivity contribution in [3.05, 3.63) is 12.7 Å². The first-order valence-corrected chi connectivity index (χ1v) is 5.78. The van der Waals surface area contributed by atoms with Crippen LogP contribution in [0.5, 0.6) is 0 Å².